The van der Waals surface area contributed by atoms with Crippen molar-refractivity contribution >= 4 is 43.1 Å². The molecule has 0 atom stereocenters. The Balaban J connectivity index is 2.46. The zero-order valence-electron chi connectivity index (χ0n) is 7.71. The van der Waals surface area contributed by atoms with Gasteiger partial charge in [-0.2, -0.15) is 0 Å². The lowest BCUT2D eigenvalue weighted by Gasteiger charge is -1.88. The van der Waals surface area contributed by atoms with Crippen LogP contribution in [-0.4, -0.2) is 5.78 Å². The fraction of sp³-hybridized carbons (Fsp3) is 0.182. The Morgan fingerprint density at radius 2 is 2.21 bits per heavy atom. The predicted octanol–water partition coefficient (Wildman–Crippen LogP) is 3.80. The molecule has 1 nitrogen and oxygen atoms in total. The van der Waals surface area contributed by atoms with E-state index in [1.54, 1.807) is 18.3 Å². The highest BCUT2D eigenvalue weighted by Gasteiger charge is 2.03. The van der Waals surface area contributed by atoms with E-state index < -0.39 is 0 Å². The average molecular weight is 269 g/mol. The van der Waals surface area contributed by atoms with Crippen LogP contribution in [0.1, 0.15) is 11.8 Å². The summed E-state index contributed by atoms with van der Waals surface area (Å²) in [6.45, 7) is 1.63. The highest BCUT2D eigenvalue weighted by atomic mass is 79.9. The molecule has 0 fully saturated rings. The molecule has 0 bridgehead atoms. The molecule has 2 aromatic rings. The summed E-state index contributed by atoms with van der Waals surface area (Å²) in [4.78, 5) is 12.1. The molecule has 1 aromatic carbocycles. The van der Waals surface area contributed by atoms with Gasteiger partial charge in [-0.3, -0.25) is 4.79 Å². The second kappa shape index (κ2) is 3.83. The Morgan fingerprint density at radius 1 is 1.43 bits per heavy atom. The largest absolute Gasteiger partial charge is 0.300 e. The van der Waals surface area contributed by atoms with E-state index in [0.717, 1.165) is 9.35 Å². The number of halogens is 1. The Morgan fingerprint density at radius 3 is 2.93 bits per heavy atom. The van der Waals surface area contributed by atoms with Crippen LogP contribution in [0.2, 0.25) is 0 Å². The van der Waals surface area contributed by atoms with Crippen molar-refractivity contribution in [3.8, 4) is 0 Å². The van der Waals surface area contributed by atoms with E-state index in [9.17, 15) is 4.79 Å². The van der Waals surface area contributed by atoms with Gasteiger partial charge in [-0.15, -0.1) is 11.3 Å². The molecular weight excluding hydrogens is 260 g/mol. The summed E-state index contributed by atoms with van der Waals surface area (Å²) in [6.07, 6.45) is 0.553. The summed E-state index contributed by atoms with van der Waals surface area (Å²) in [7, 11) is 0. The number of hydrogen-bond acceptors (Lipinski definition) is 2. The van der Waals surface area contributed by atoms with Crippen molar-refractivity contribution in [3.05, 3.63) is 33.6 Å². The molecule has 0 amide bonds. The highest BCUT2D eigenvalue weighted by Crippen LogP contribution is 2.28. The minimum atomic E-state index is 0.218. The SMILES string of the molecule is CC(=O)Cc1cc2cc(Br)ccc2s1. The second-order valence-corrected chi connectivity index (χ2v) is 5.36. The third-order valence-corrected chi connectivity index (χ3v) is 3.56. The van der Waals surface area contributed by atoms with E-state index >= 15 is 0 Å². The van der Waals surface area contributed by atoms with Crippen LogP contribution in [0.15, 0.2) is 28.7 Å². The topological polar surface area (TPSA) is 17.1 Å². The van der Waals surface area contributed by atoms with E-state index in [4.69, 9.17) is 0 Å². The minimum absolute atomic E-state index is 0.218. The Hall–Kier alpha value is -0.670. The summed E-state index contributed by atoms with van der Waals surface area (Å²) >= 11 is 5.12. The summed E-state index contributed by atoms with van der Waals surface area (Å²) in [5.74, 6) is 0.218. The monoisotopic (exact) mass is 268 g/mol. The maximum Gasteiger partial charge on any atom is 0.135 e. The normalized spacial score (nSPS) is 10.7. The lowest BCUT2D eigenvalue weighted by molar-refractivity contribution is -0.116. The van der Waals surface area contributed by atoms with Crippen LogP contribution >= 0.6 is 27.3 Å². The number of fused-ring (bicyclic) bond motifs is 1. The highest BCUT2D eigenvalue weighted by molar-refractivity contribution is 9.10. The lowest BCUT2D eigenvalue weighted by Crippen LogP contribution is -1.92. The smallest absolute Gasteiger partial charge is 0.135 e. The Labute approximate surface area is 94.9 Å². The van der Waals surface area contributed by atoms with E-state index in [1.807, 2.05) is 6.07 Å². The van der Waals surface area contributed by atoms with Crippen LogP contribution in [0, 0.1) is 0 Å². The van der Waals surface area contributed by atoms with Gasteiger partial charge in [0.15, 0.2) is 0 Å². The first-order chi connectivity index (χ1) is 6.65. The van der Waals surface area contributed by atoms with Crippen LogP contribution in [0.3, 0.4) is 0 Å². The van der Waals surface area contributed by atoms with E-state index in [-0.39, 0.29) is 5.78 Å². The zero-order chi connectivity index (χ0) is 10.1. The van der Waals surface area contributed by atoms with Gasteiger partial charge in [0.05, 0.1) is 0 Å². The van der Waals surface area contributed by atoms with Gasteiger partial charge in [0.2, 0.25) is 0 Å². The molecule has 0 N–H and O–H groups in total. The molecule has 0 aliphatic rings. The van der Waals surface area contributed by atoms with Crippen LogP contribution in [0.4, 0.5) is 0 Å². The van der Waals surface area contributed by atoms with Crippen LogP contribution in [-0.2, 0) is 11.2 Å². The first-order valence-electron chi connectivity index (χ1n) is 4.32. The van der Waals surface area contributed by atoms with Crippen molar-refractivity contribution in [1.29, 1.82) is 0 Å². The first kappa shape index (κ1) is 9.87. The fourth-order valence-electron chi connectivity index (χ4n) is 1.40. The number of rotatable bonds is 2. The molecule has 0 unspecified atom stereocenters. The number of carbonyl (C=O) groups is 1. The van der Waals surface area contributed by atoms with Gasteiger partial charge in [0.1, 0.15) is 5.78 Å². The van der Waals surface area contributed by atoms with Gasteiger partial charge < -0.3 is 0 Å². The van der Waals surface area contributed by atoms with Crippen LogP contribution in [0.25, 0.3) is 10.1 Å². The summed E-state index contributed by atoms with van der Waals surface area (Å²) in [6, 6.07) is 8.27. The van der Waals surface area contributed by atoms with Gasteiger partial charge in [-0.25, -0.2) is 0 Å². The third-order valence-electron chi connectivity index (χ3n) is 1.95. The molecule has 0 aliphatic heterocycles. The van der Waals surface area contributed by atoms with Crippen molar-refractivity contribution in [2.24, 2.45) is 0 Å². The van der Waals surface area contributed by atoms with Gasteiger partial charge >= 0.3 is 0 Å². The number of Topliss-reactive ketones (excluding diaryl/α,β-unsaturated/α-hetero) is 1. The Kier molecular flexibility index (Phi) is 2.70. The fourth-order valence-corrected chi connectivity index (χ4v) is 2.90. The second-order valence-electron chi connectivity index (χ2n) is 3.27. The number of benzene rings is 1. The van der Waals surface area contributed by atoms with E-state index in [2.05, 4.69) is 34.1 Å². The number of carbonyl (C=O) groups excluding carboxylic acids is 1. The third kappa shape index (κ3) is 2.04. The van der Waals surface area contributed by atoms with Gasteiger partial charge in [-0.05, 0) is 36.6 Å². The zero-order valence-corrected chi connectivity index (χ0v) is 10.1. The van der Waals surface area contributed by atoms with Crippen LogP contribution in [0.5, 0.6) is 0 Å². The number of ketones is 1. The molecule has 0 spiro atoms. The molecule has 3 heteroatoms. The van der Waals surface area contributed by atoms with Crippen molar-refractivity contribution in [3.63, 3.8) is 0 Å². The molecule has 0 saturated carbocycles. The van der Waals surface area contributed by atoms with Crippen molar-refractivity contribution in [2.45, 2.75) is 13.3 Å². The molecule has 72 valence electrons. The molecule has 0 saturated heterocycles. The van der Waals surface area contributed by atoms with Crippen molar-refractivity contribution < 1.29 is 4.79 Å². The molecule has 0 radical (unpaired) electrons. The Bertz CT molecular complexity index is 487. The molecular formula is C11H9BrOS. The van der Waals surface area contributed by atoms with Gasteiger partial charge in [0.25, 0.3) is 0 Å². The summed E-state index contributed by atoms with van der Waals surface area (Å²) in [5, 5.41) is 1.21. The van der Waals surface area contributed by atoms with Crippen molar-refractivity contribution in [1.82, 2.24) is 0 Å². The average Bonchev–Trinajstić information content (AvgIpc) is 2.44. The predicted molar refractivity (Wildman–Crippen MR) is 63.9 cm³/mol. The molecule has 2 rings (SSSR count). The molecule has 0 aliphatic carbocycles. The van der Waals surface area contributed by atoms with Gasteiger partial charge in [0, 0.05) is 20.5 Å². The summed E-state index contributed by atoms with van der Waals surface area (Å²) < 4.78 is 2.32. The summed E-state index contributed by atoms with van der Waals surface area (Å²) in [5.41, 5.74) is 0. The standard InChI is InChI=1S/C11H9BrOS/c1-7(13)4-10-6-8-5-9(12)2-3-11(8)14-10/h2-3,5-6H,4H2,1H3. The minimum Gasteiger partial charge on any atom is -0.300 e. The lowest BCUT2D eigenvalue weighted by atomic mass is 10.2. The van der Waals surface area contributed by atoms with Crippen LogP contribution < -0.4 is 0 Å². The number of thiophene rings is 1. The number of hydrogen-bond donors (Lipinski definition) is 0. The van der Waals surface area contributed by atoms with E-state index in [0.29, 0.717) is 6.42 Å². The van der Waals surface area contributed by atoms with Crippen molar-refractivity contribution in [2.75, 3.05) is 0 Å². The first-order valence-corrected chi connectivity index (χ1v) is 5.93. The molecule has 14 heavy (non-hydrogen) atoms. The maximum atomic E-state index is 11.0. The van der Waals surface area contributed by atoms with E-state index in [1.165, 1.54) is 10.1 Å². The quantitative estimate of drug-likeness (QED) is 0.810. The maximum absolute atomic E-state index is 11.0. The molecule has 1 heterocycles. The van der Waals surface area contributed by atoms with Gasteiger partial charge in [-0.1, -0.05) is 15.9 Å². The molecule has 1 aromatic heterocycles.